The molecule has 2 heterocycles. The highest BCUT2D eigenvalue weighted by atomic mass is 32.2. The fourth-order valence-electron chi connectivity index (χ4n) is 2.58. The van der Waals surface area contributed by atoms with Crippen molar-refractivity contribution in [3.63, 3.8) is 0 Å². The molecule has 6 nitrogen and oxygen atoms in total. The number of nitrogens with zero attached hydrogens (tertiary/aromatic N) is 1. The SMILES string of the molecule is O=C(NO)[C@H]1Cc2ccccc2CN1S(=O)(=O)c1cccs1. The molecule has 3 rings (SSSR count). The predicted molar refractivity (Wildman–Crippen MR) is 80.9 cm³/mol. The van der Waals surface area contributed by atoms with E-state index in [2.05, 4.69) is 0 Å². The van der Waals surface area contributed by atoms with Crippen LogP contribution in [0.5, 0.6) is 0 Å². The van der Waals surface area contributed by atoms with Crippen LogP contribution in [0.4, 0.5) is 0 Å². The maximum Gasteiger partial charge on any atom is 0.262 e. The number of nitrogens with one attached hydrogen (secondary N) is 1. The molecular formula is C14H14N2O4S2. The second-order valence-corrected chi connectivity index (χ2v) is 8.01. The van der Waals surface area contributed by atoms with Crippen molar-refractivity contribution in [2.75, 3.05) is 0 Å². The van der Waals surface area contributed by atoms with Gasteiger partial charge in [-0.05, 0) is 29.0 Å². The fourth-order valence-corrected chi connectivity index (χ4v) is 5.26. The molecule has 0 unspecified atom stereocenters. The molecule has 1 aliphatic heterocycles. The smallest absolute Gasteiger partial charge is 0.262 e. The molecule has 1 aliphatic rings. The van der Waals surface area contributed by atoms with Gasteiger partial charge in [-0.1, -0.05) is 30.3 Å². The molecule has 0 aliphatic carbocycles. The van der Waals surface area contributed by atoms with Crippen molar-refractivity contribution in [3.8, 4) is 0 Å². The van der Waals surface area contributed by atoms with Gasteiger partial charge in [0.15, 0.2) is 0 Å². The highest BCUT2D eigenvalue weighted by Gasteiger charge is 2.39. The number of hydrogen-bond acceptors (Lipinski definition) is 5. The number of sulfonamides is 1. The van der Waals surface area contributed by atoms with Gasteiger partial charge >= 0.3 is 0 Å². The molecule has 2 N–H and O–H groups in total. The van der Waals surface area contributed by atoms with E-state index in [1.165, 1.54) is 6.07 Å². The van der Waals surface area contributed by atoms with Gasteiger partial charge in [-0.2, -0.15) is 4.31 Å². The summed E-state index contributed by atoms with van der Waals surface area (Å²) in [6.07, 6.45) is 0.229. The zero-order chi connectivity index (χ0) is 15.7. The van der Waals surface area contributed by atoms with E-state index in [0.29, 0.717) is 0 Å². The number of thiophene rings is 1. The highest BCUT2D eigenvalue weighted by molar-refractivity contribution is 7.91. The first kappa shape index (κ1) is 15.2. The van der Waals surface area contributed by atoms with Crippen molar-refractivity contribution in [2.24, 2.45) is 0 Å². The second kappa shape index (κ2) is 5.81. The summed E-state index contributed by atoms with van der Waals surface area (Å²) in [4.78, 5) is 11.9. The van der Waals surface area contributed by atoms with Crippen molar-refractivity contribution in [1.29, 1.82) is 0 Å². The molecule has 116 valence electrons. The summed E-state index contributed by atoms with van der Waals surface area (Å²) < 4.78 is 26.9. The van der Waals surface area contributed by atoms with Crippen LogP contribution in [-0.4, -0.2) is 29.9 Å². The van der Waals surface area contributed by atoms with E-state index in [9.17, 15) is 13.2 Å². The average Bonchev–Trinajstić information content (AvgIpc) is 3.08. The summed E-state index contributed by atoms with van der Waals surface area (Å²) in [5.74, 6) is -0.727. The number of carbonyl (C=O) groups excluding carboxylic acids is 1. The summed E-state index contributed by atoms with van der Waals surface area (Å²) in [6, 6.07) is 9.58. The molecule has 1 atom stereocenters. The van der Waals surface area contributed by atoms with Crippen molar-refractivity contribution >= 4 is 27.3 Å². The van der Waals surface area contributed by atoms with Gasteiger partial charge in [0.05, 0.1) is 0 Å². The van der Waals surface area contributed by atoms with Crippen LogP contribution in [-0.2, 0) is 27.8 Å². The average molecular weight is 338 g/mol. The largest absolute Gasteiger partial charge is 0.289 e. The highest BCUT2D eigenvalue weighted by Crippen LogP contribution is 2.30. The van der Waals surface area contributed by atoms with Crippen LogP contribution in [0.2, 0.25) is 0 Å². The Labute approximate surface area is 132 Å². The van der Waals surface area contributed by atoms with Gasteiger partial charge in [-0.3, -0.25) is 10.0 Å². The predicted octanol–water partition coefficient (Wildman–Crippen LogP) is 1.37. The van der Waals surface area contributed by atoms with E-state index in [1.54, 1.807) is 16.9 Å². The van der Waals surface area contributed by atoms with E-state index in [-0.39, 0.29) is 17.2 Å². The maximum absolute atomic E-state index is 12.8. The lowest BCUT2D eigenvalue weighted by molar-refractivity contribution is -0.133. The van der Waals surface area contributed by atoms with E-state index in [4.69, 9.17) is 5.21 Å². The normalized spacial score (nSPS) is 18.7. The quantitative estimate of drug-likeness (QED) is 0.654. The number of fused-ring (bicyclic) bond motifs is 1. The number of carbonyl (C=O) groups is 1. The fraction of sp³-hybridized carbons (Fsp3) is 0.214. The molecule has 0 spiro atoms. The Kier molecular flexibility index (Phi) is 4.00. The van der Waals surface area contributed by atoms with Crippen LogP contribution >= 0.6 is 11.3 Å². The molecule has 0 radical (unpaired) electrons. The Morgan fingerprint density at radius 3 is 2.59 bits per heavy atom. The molecular weight excluding hydrogens is 324 g/mol. The van der Waals surface area contributed by atoms with Crippen LogP contribution in [0.3, 0.4) is 0 Å². The third-order valence-electron chi connectivity index (χ3n) is 3.68. The van der Waals surface area contributed by atoms with Gasteiger partial charge in [-0.15, -0.1) is 11.3 Å². The van der Waals surface area contributed by atoms with Gasteiger partial charge in [0.2, 0.25) is 0 Å². The first-order valence-electron chi connectivity index (χ1n) is 6.60. The lowest BCUT2D eigenvalue weighted by Gasteiger charge is -2.34. The molecule has 2 aromatic rings. The molecule has 8 heteroatoms. The Bertz CT molecular complexity index is 787. The van der Waals surface area contributed by atoms with E-state index >= 15 is 0 Å². The number of hydroxylamine groups is 1. The third kappa shape index (κ3) is 2.54. The summed E-state index contributed by atoms with van der Waals surface area (Å²) >= 11 is 1.10. The minimum Gasteiger partial charge on any atom is -0.289 e. The van der Waals surface area contributed by atoms with Crippen molar-refractivity contribution < 1.29 is 18.4 Å². The Morgan fingerprint density at radius 2 is 1.95 bits per heavy atom. The Hall–Kier alpha value is -1.74. The minimum absolute atomic E-state index is 0.106. The summed E-state index contributed by atoms with van der Waals surface area (Å²) in [7, 11) is -3.79. The zero-order valence-electron chi connectivity index (χ0n) is 11.5. The van der Waals surface area contributed by atoms with Gasteiger partial charge < -0.3 is 0 Å². The topological polar surface area (TPSA) is 86.7 Å². The second-order valence-electron chi connectivity index (χ2n) is 4.95. The molecule has 1 aromatic carbocycles. The Balaban J connectivity index is 2.06. The van der Waals surface area contributed by atoms with Crippen LogP contribution in [0.1, 0.15) is 11.1 Å². The first-order valence-corrected chi connectivity index (χ1v) is 8.92. The van der Waals surface area contributed by atoms with E-state index in [0.717, 1.165) is 26.8 Å². The lowest BCUT2D eigenvalue weighted by atomic mass is 9.95. The molecule has 0 saturated carbocycles. The molecule has 22 heavy (non-hydrogen) atoms. The van der Waals surface area contributed by atoms with Crippen LogP contribution in [0, 0.1) is 0 Å². The van der Waals surface area contributed by atoms with Crippen LogP contribution in [0.25, 0.3) is 0 Å². The van der Waals surface area contributed by atoms with Gasteiger partial charge in [0.25, 0.3) is 15.9 Å². The van der Waals surface area contributed by atoms with E-state index < -0.39 is 22.0 Å². The number of benzene rings is 1. The number of hydrogen-bond donors (Lipinski definition) is 2. The van der Waals surface area contributed by atoms with Gasteiger partial charge in [0.1, 0.15) is 10.3 Å². The number of amides is 1. The molecule has 0 fully saturated rings. The first-order chi connectivity index (χ1) is 10.5. The minimum atomic E-state index is -3.79. The molecule has 1 amide bonds. The van der Waals surface area contributed by atoms with Crippen LogP contribution in [0.15, 0.2) is 46.0 Å². The number of rotatable bonds is 3. The van der Waals surface area contributed by atoms with Gasteiger partial charge in [0, 0.05) is 6.54 Å². The monoisotopic (exact) mass is 338 g/mol. The molecule has 0 saturated heterocycles. The standard InChI is InChI=1S/C14H14N2O4S2/c17-14(15-18)12-8-10-4-1-2-5-11(10)9-16(12)22(19,20)13-6-3-7-21-13/h1-7,12,18H,8-9H2,(H,15,17)/t12-/m1/s1. The maximum atomic E-state index is 12.8. The third-order valence-corrected chi connectivity index (χ3v) is 6.90. The summed E-state index contributed by atoms with van der Waals surface area (Å²) in [6.45, 7) is 0.106. The molecule has 0 bridgehead atoms. The summed E-state index contributed by atoms with van der Waals surface area (Å²) in [5, 5.41) is 10.6. The van der Waals surface area contributed by atoms with Crippen molar-refractivity contribution in [1.82, 2.24) is 9.79 Å². The van der Waals surface area contributed by atoms with Crippen molar-refractivity contribution in [3.05, 3.63) is 52.9 Å². The van der Waals surface area contributed by atoms with Crippen LogP contribution < -0.4 is 5.48 Å². The molecule has 1 aromatic heterocycles. The van der Waals surface area contributed by atoms with E-state index in [1.807, 2.05) is 24.3 Å². The Morgan fingerprint density at radius 1 is 1.23 bits per heavy atom. The van der Waals surface area contributed by atoms with Gasteiger partial charge in [-0.25, -0.2) is 13.9 Å². The lowest BCUT2D eigenvalue weighted by Crippen LogP contribution is -2.51. The zero-order valence-corrected chi connectivity index (χ0v) is 13.1. The van der Waals surface area contributed by atoms with Crippen molar-refractivity contribution in [2.45, 2.75) is 23.2 Å². The summed E-state index contributed by atoms with van der Waals surface area (Å²) in [5.41, 5.74) is 3.35.